The molecule has 0 spiro atoms. The summed E-state index contributed by atoms with van der Waals surface area (Å²) >= 11 is 0. The van der Waals surface area contributed by atoms with Crippen molar-refractivity contribution < 1.29 is 28.7 Å². The second kappa shape index (κ2) is 12.3. The number of anilines is 1. The summed E-state index contributed by atoms with van der Waals surface area (Å²) in [6.45, 7) is -0.390. The van der Waals surface area contributed by atoms with Crippen LogP contribution in [0.2, 0.25) is 0 Å². The molecule has 0 saturated carbocycles. The van der Waals surface area contributed by atoms with Gasteiger partial charge in [0.15, 0.2) is 6.61 Å². The highest BCUT2D eigenvalue weighted by atomic mass is 16.5. The number of esters is 2. The van der Waals surface area contributed by atoms with E-state index in [1.807, 2.05) is 0 Å². The Bertz CT molecular complexity index is 1460. The number of ether oxygens (including phenoxy) is 2. The number of amides is 1. The number of benzene rings is 2. The highest BCUT2D eigenvalue weighted by Gasteiger charge is 2.26. The van der Waals surface area contributed by atoms with Crippen molar-refractivity contribution in [3.05, 3.63) is 98.2 Å². The second-order valence-electron chi connectivity index (χ2n) is 8.17. The Morgan fingerprint density at radius 1 is 0.947 bits per heavy atom. The van der Waals surface area contributed by atoms with Gasteiger partial charge in [0.05, 0.1) is 13.7 Å². The number of nitrogen functional groups attached to an aromatic ring is 1. The van der Waals surface area contributed by atoms with Gasteiger partial charge >= 0.3 is 17.6 Å². The van der Waals surface area contributed by atoms with Gasteiger partial charge in [0.1, 0.15) is 24.0 Å². The molecule has 3 aromatic rings. The summed E-state index contributed by atoms with van der Waals surface area (Å²) in [5.41, 5.74) is 4.36. The van der Waals surface area contributed by atoms with Crippen LogP contribution in [0.3, 0.4) is 0 Å². The number of nitrogens with one attached hydrogen (secondary N) is 1. The third-order valence-corrected chi connectivity index (χ3v) is 5.53. The molecule has 12 nitrogen and oxygen atoms in total. The Balaban J connectivity index is 1.85. The zero-order valence-corrected chi connectivity index (χ0v) is 20.7. The first-order valence-electron chi connectivity index (χ1n) is 11.4. The number of ketones is 1. The molecule has 0 saturated heterocycles. The maximum Gasteiger partial charge on any atom is 0.333 e. The van der Waals surface area contributed by atoms with Crippen molar-refractivity contribution in [2.24, 2.45) is 0 Å². The van der Waals surface area contributed by atoms with Crippen LogP contribution in [0.25, 0.3) is 0 Å². The van der Waals surface area contributed by atoms with E-state index in [9.17, 15) is 28.8 Å². The Morgan fingerprint density at radius 3 is 2.16 bits per heavy atom. The molecule has 0 radical (unpaired) electrons. The average molecular weight is 523 g/mol. The minimum Gasteiger partial charge on any atom is -0.468 e. The van der Waals surface area contributed by atoms with Crippen LogP contribution < -0.4 is 22.3 Å². The lowest BCUT2D eigenvalue weighted by molar-refractivity contribution is -0.144. The molecule has 0 aliphatic carbocycles. The normalized spacial score (nSPS) is 11.3. The van der Waals surface area contributed by atoms with E-state index < -0.39 is 65.5 Å². The Kier molecular flexibility index (Phi) is 8.93. The van der Waals surface area contributed by atoms with Crippen molar-refractivity contribution in [3.8, 4) is 0 Å². The van der Waals surface area contributed by atoms with Crippen molar-refractivity contribution in [1.29, 1.82) is 0 Å². The van der Waals surface area contributed by atoms with E-state index in [2.05, 4.69) is 10.1 Å². The third-order valence-electron chi connectivity index (χ3n) is 5.53. The predicted octanol–water partition coefficient (Wildman–Crippen LogP) is 0.358. The molecule has 1 aromatic heterocycles. The largest absolute Gasteiger partial charge is 0.468 e. The molecule has 0 aliphatic heterocycles. The van der Waals surface area contributed by atoms with Crippen LogP contribution in [-0.4, -0.2) is 52.5 Å². The van der Waals surface area contributed by atoms with Crippen LogP contribution in [0.15, 0.2) is 70.3 Å². The number of rotatable bonds is 10. The maximum atomic E-state index is 13.0. The standard InChI is InChI=1S/C26H26N4O8/c1-16(28-23(33)18-11-7-4-8-12-18)25(35)38-15-19(31)21-22(27)29(13-17-9-5-3-6-10-17)26(36)30(24(21)34)14-20(32)37-2/h3-12,16H,13-15,27H2,1-2H3,(H,28,33). The Labute approximate surface area is 216 Å². The van der Waals surface area contributed by atoms with Crippen molar-refractivity contribution in [3.63, 3.8) is 0 Å². The van der Waals surface area contributed by atoms with Crippen LogP contribution >= 0.6 is 0 Å². The number of hydrogen-bond donors (Lipinski definition) is 2. The fourth-order valence-corrected chi connectivity index (χ4v) is 3.49. The van der Waals surface area contributed by atoms with Gasteiger partial charge < -0.3 is 20.5 Å². The molecule has 38 heavy (non-hydrogen) atoms. The fraction of sp³-hybridized carbons (Fsp3) is 0.231. The second-order valence-corrected chi connectivity index (χ2v) is 8.17. The SMILES string of the molecule is COC(=O)Cn1c(=O)c(C(=O)COC(=O)C(C)NC(=O)c2ccccc2)c(N)n(Cc2ccccc2)c1=O. The quantitative estimate of drug-likeness (QED) is 0.282. The van der Waals surface area contributed by atoms with Gasteiger partial charge in [-0.1, -0.05) is 48.5 Å². The summed E-state index contributed by atoms with van der Waals surface area (Å²) in [5, 5.41) is 2.45. The van der Waals surface area contributed by atoms with E-state index in [4.69, 9.17) is 10.5 Å². The zero-order valence-electron chi connectivity index (χ0n) is 20.7. The van der Waals surface area contributed by atoms with E-state index in [-0.39, 0.29) is 6.54 Å². The molecule has 3 rings (SSSR count). The highest BCUT2D eigenvalue weighted by Crippen LogP contribution is 2.10. The molecular formula is C26H26N4O8. The van der Waals surface area contributed by atoms with Crippen molar-refractivity contribution in [2.75, 3.05) is 19.5 Å². The minimum atomic E-state index is -1.13. The number of nitrogens with zero attached hydrogens (tertiary/aromatic N) is 2. The van der Waals surface area contributed by atoms with Gasteiger partial charge in [-0.2, -0.15) is 0 Å². The first-order valence-corrected chi connectivity index (χ1v) is 11.4. The van der Waals surface area contributed by atoms with Crippen LogP contribution in [-0.2, 0) is 32.2 Å². The van der Waals surface area contributed by atoms with Crippen LogP contribution in [0.4, 0.5) is 5.82 Å². The van der Waals surface area contributed by atoms with Crippen LogP contribution in [0.5, 0.6) is 0 Å². The Morgan fingerprint density at radius 2 is 1.55 bits per heavy atom. The van der Waals surface area contributed by atoms with Gasteiger partial charge in [-0.25, -0.2) is 14.2 Å². The first kappa shape index (κ1) is 27.6. The topological polar surface area (TPSA) is 169 Å². The third kappa shape index (κ3) is 6.40. The highest BCUT2D eigenvalue weighted by molar-refractivity contribution is 6.02. The number of hydrogen-bond acceptors (Lipinski definition) is 9. The molecule has 198 valence electrons. The van der Waals surface area contributed by atoms with Crippen LogP contribution in [0, 0.1) is 0 Å². The van der Waals surface area contributed by atoms with Gasteiger partial charge in [-0.3, -0.25) is 23.7 Å². The van der Waals surface area contributed by atoms with E-state index in [0.717, 1.165) is 11.7 Å². The summed E-state index contributed by atoms with van der Waals surface area (Å²) in [6, 6.07) is 15.7. The number of Topliss-reactive ketones (excluding diaryl/α,β-unsaturated/α-hetero) is 1. The van der Waals surface area contributed by atoms with Gasteiger partial charge in [0, 0.05) is 5.56 Å². The van der Waals surface area contributed by atoms with Crippen molar-refractivity contribution in [2.45, 2.75) is 26.1 Å². The minimum absolute atomic E-state index is 0.102. The van der Waals surface area contributed by atoms with Gasteiger partial charge in [-0.05, 0) is 24.6 Å². The van der Waals surface area contributed by atoms with E-state index in [1.54, 1.807) is 60.7 Å². The smallest absolute Gasteiger partial charge is 0.333 e. The molecule has 0 aliphatic rings. The van der Waals surface area contributed by atoms with Gasteiger partial charge in [0.2, 0.25) is 5.78 Å². The van der Waals surface area contributed by atoms with Crippen LogP contribution in [0.1, 0.15) is 33.2 Å². The lowest BCUT2D eigenvalue weighted by atomic mass is 10.1. The maximum absolute atomic E-state index is 13.0. The molecule has 2 aromatic carbocycles. The fourth-order valence-electron chi connectivity index (χ4n) is 3.49. The summed E-state index contributed by atoms with van der Waals surface area (Å²) in [6.07, 6.45) is 0. The first-order chi connectivity index (χ1) is 18.1. The summed E-state index contributed by atoms with van der Waals surface area (Å²) < 4.78 is 11.1. The molecule has 12 heteroatoms. The van der Waals surface area contributed by atoms with Gasteiger partial charge in [-0.15, -0.1) is 0 Å². The van der Waals surface area contributed by atoms with E-state index >= 15 is 0 Å². The molecule has 0 bridgehead atoms. The molecule has 3 N–H and O–H groups in total. The summed E-state index contributed by atoms with van der Waals surface area (Å²) in [7, 11) is 1.08. The molecule has 1 amide bonds. The summed E-state index contributed by atoms with van der Waals surface area (Å²) in [4.78, 5) is 75.6. The predicted molar refractivity (Wildman–Crippen MR) is 136 cm³/mol. The number of nitrogens with two attached hydrogens (primary N) is 1. The molecule has 1 atom stereocenters. The number of methoxy groups -OCH3 is 1. The van der Waals surface area contributed by atoms with E-state index in [0.29, 0.717) is 15.7 Å². The lowest BCUT2D eigenvalue weighted by Gasteiger charge is -2.17. The number of carbonyl (C=O) groups is 4. The van der Waals surface area contributed by atoms with Crippen molar-refractivity contribution >= 4 is 29.4 Å². The number of aromatic nitrogens is 2. The number of carbonyl (C=O) groups excluding carboxylic acids is 4. The van der Waals surface area contributed by atoms with E-state index in [1.165, 1.54) is 6.92 Å². The summed E-state index contributed by atoms with van der Waals surface area (Å²) in [5.74, 6) is -3.80. The average Bonchev–Trinajstić information content (AvgIpc) is 2.92. The molecule has 1 heterocycles. The zero-order chi connectivity index (χ0) is 27.8. The van der Waals surface area contributed by atoms with Crippen molar-refractivity contribution in [1.82, 2.24) is 14.5 Å². The monoisotopic (exact) mass is 522 g/mol. The molecule has 0 fully saturated rings. The lowest BCUT2D eigenvalue weighted by Crippen LogP contribution is -2.46. The molecule has 1 unspecified atom stereocenters. The Hall–Kier alpha value is -5.00. The molecular weight excluding hydrogens is 496 g/mol. The van der Waals surface area contributed by atoms with Gasteiger partial charge in [0.25, 0.3) is 11.5 Å².